The molecule has 1 heterocycles. The van der Waals surface area contributed by atoms with Crippen LogP contribution in [0.2, 0.25) is 0 Å². The van der Waals surface area contributed by atoms with Crippen LogP contribution in [0.25, 0.3) is 5.70 Å². The summed E-state index contributed by atoms with van der Waals surface area (Å²) in [5, 5.41) is 0. The Morgan fingerprint density at radius 1 is 1.14 bits per heavy atom. The molecule has 4 rings (SSSR count). The fourth-order valence-corrected chi connectivity index (χ4v) is 4.04. The maximum Gasteiger partial charge on any atom is 0.315 e. The molecule has 5 nitrogen and oxygen atoms in total. The van der Waals surface area contributed by atoms with E-state index >= 15 is 0 Å². The van der Waals surface area contributed by atoms with Crippen molar-refractivity contribution in [2.24, 2.45) is 10.9 Å². The SMILES string of the molecule is C#CCOc1ccc([C@H]2C3=C(N=C(C)C2C(=O)OC)c2ccccc2C3=O)cc1. The Balaban J connectivity index is 1.84. The third-order valence-corrected chi connectivity index (χ3v) is 5.33. The number of fused-ring (bicyclic) bond motifs is 2. The van der Waals surface area contributed by atoms with Gasteiger partial charge in [0.1, 0.15) is 18.3 Å². The van der Waals surface area contributed by atoms with E-state index in [4.69, 9.17) is 15.9 Å². The Labute approximate surface area is 169 Å². The van der Waals surface area contributed by atoms with Crippen LogP contribution in [0.5, 0.6) is 5.75 Å². The molecule has 2 aromatic rings. The molecular weight excluding hydrogens is 366 g/mol. The van der Waals surface area contributed by atoms with Gasteiger partial charge in [0.2, 0.25) is 0 Å². The first-order valence-electron chi connectivity index (χ1n) is 9.24. The van der Waals surface area contributed by atoms with Crippen LogP contribution in [0.4, 0.5) is 0 Å². The molecule has 29 heavy (non-hydrogen) atoms. The summed E-state index contributed by atoms with van der Waals surface area (Å²) in [6, 6.07) is 14.7. The van der Waals surface area contributed by atoms with Crippen molar-refractivity contribution in [3.8, 4) is 18.1 Å². The normalized spacial score (nSPS) is 19.8. The second kappa shape index (κ2) is 7.40. The number of allylic oxidation sites excluding steroid dienone is 1. The van der Waals surface area contributed by atoms with Gasteiger partial charge in [-0.15, -0.1) is 6.42 Å². The molecule has 0 radical (unpaired) electrons. The van der Waals surface area contributed by atoms with Gasteiger partial charge in [0.25, 0.3) is 0 Å². The van der Waals surface area contributed by atoms with Crippen molar-refractivity contribution in [2.45, 2.75) is 12.8 Å². The molecule has 144 valence electrons. The lowest BCUT2D eigenvalue weighted by molar-refractivity contribution is -0.143. The number of ether oxygens (including phenoxy) is 2. The number of methoxy groups -OCH3 is 1. The van der Waals surface area contributed by atoms with Crippen LogP contribution >= 0.6 is 0 Å². The van der Waals surface area contributed by atoms with Gasteiger partial charge in [-0.1, -0.05) is 42.3 Å². The highest BCUT2D eigenvalue weighted by molar-refractivity contribution is 6.24. The molecule has 2 aliphatic rings. The topological polar surface area (TPSA) is 65.0 Å². The molecule has 1 aliphatic heterocycles. The Kier molecular flexibility index (Phi) is 4.77. The monoisotopic (exact) mass is 385 g/mol. The summed E-state index contributed by atoms with van der Waals surface area (Å²) in [5.74, 6) is 1.37. The van der Waals surface area contributed by atoms with Gasteiger partial charge >= 0.3 is 5.97 Å². The molecule has 0 bridgehead atoms. The molecular formula is C24H19NO4. The van der Waals surface area contributed by atoms with Gasteiger partial charge in [-0.3, -0.25) is 14.6 Å². The molecule has 5 heteroatoms. The van der Waals surface area contributed by atoms with Gasteiger partial charge in [0.05, 0.1) is 12.8 Å². The van der Waals surface area contributed by atoms with E-state index in [0.29, 0.717) is 28.3 Å². The number of Topliss-reactive ketones (excluding diaryl/α,β-unsaturated/α-hetero) is 1. The molecule has 0 N–H and O–H groups in total. The fraction of sp³-hybridized carbons (Fsp3) is 0.208. The van der Waals surface area contributed by atoms with Crippen LogP contribution in [-0.2, 0) is 9.53 Å². The second-order valence-electron chi connectivity index (χ2n) is 6.93. The van der Waals surface area contributed by atoms with E-state index in [2.05, 4.69) is 10.9 Å². The Hall–Kier alpha value is -3.65. The zero-order valence-electron chi connectivity index (χ0n) is 16.1. The van der Waals surface area contributed by atoms with Crippen molar-refractivity contribution < 1.29 is 19.1 Å². The van der Waals surface area contributed by atoms with Crippen molar-refractivity contribution in [3.05, 3.63) is 70.8 Å². The van der Waals surface area contributed by atoms with Crippen molar-refractivity contribution >= 4 is 23.2 Å². The highest BCUT2D eigenvalue weighted by atomic mass is 16.5. The first-order valence-corrected chi connectivity index (χ1v) is 9.24. The minimum absolute atomic E-state index is 0.0987. The van der Waals surface area contributed by atoms with Crippen molar-refractivity contribution in [2.75, 3.05) is 13.7 Å². The molecule has 0 saturated heterocycles. The Bertz CT molecular complexity index is 1100. The maximum atomic E-state index is 13.3. The Morgan fingerprint density at radius 3 is 2.48 bits per heavy atom. The molecule has 2 aromatic carbocycles. The Morgan fingerprint density at radius 2 is 1.83 bits per heavy atom. The summed E-state index contributed by atoms with van der Waals surface area (Å²) >= 11 is 0. The van der Waals surface area contributed by atoms with E-state index < -0.39 is 17.8 Å². The van der Waals surface area contributed by atoms with Crippen LogP contribution in [-0.4, -0.2) is 31.2 Å². The number of ketones is 1. The second-order valence-corrected chi connectivity index (χ2v) is 6.93. The zero-order valence-corrected chi connectivity index (χ0v) is 16.1. The molecule has 2 atom stereocenters. The number of carbonyl (C=O) groups excluding carboxylic acids is 2. The lowest BCUT2D eigenvalue weighted by Gasteiger charge is -2.30. The minimum atomic E-state index is -0.672. The first kappa shape index (κ1) is 18.7. The number of terminal acetylenes is 1. The van der Waals surface area contributed by atoms with Crippen molar-refractivity contribution in [1.82, 2.24) is 0 Å². The summed E-state index contributed by atoms with van der Waals surface area (Å²) in [4.78, 5) is 30.6. The lowest BCUT2D eigenvalue weighted by Crippen LogP contribution is -2.34. The van der Waals surface area contributed by atoms with E-state index in [-0.39, 0.29) is 12.4 Å². The first-order chi connectivity index (χ1) is 14.1. The highest BCUT2D eigenvalue weighted by Crippen LogP contribution is 2.48. The van der Waals surface area contributed by atoms with E-state index in [1.807, 2.05) is 30.3 Å². The molecule has 0 fully saturated rings. The molecule has 0 amide bonds. The molecule has 0 spiro atoms. The summed E-state index contributed by atoms with van der Waals surface area (Å²) in [5.41, 5.74) is 4.02. The number of aliphatic imine (C=N–C) groups is 1. The van der Waals surface area contributed by atoms with E-state index in [1.165, 1.54) is 7.11 Å². The molecule has 0 saturated carbocycles. The number of benzene rings is 2. The number of hydrogen-bond donors (Lipinski definition) is 0. The average molecular weight is 385 g/mol. The summed E-state index contributed by atoms with van der Waals surface area (Å²) in [7, 11) is 1.35. The fourth-order valence-electron chi connectivity index (χ4n) is 4.04. The summed E-state index contributed by atoms with van der Waals surface area (Å²) in [6.07, 6.45) is 5.24. The maximum absolute atomic E-state index is 13.3. The number of carbonyl (C=O) groups is 2. The predicted octanol–water partition coefficient (Wildman–Crippen LogP) is 3.65. The van der Waals surface area contributed by atoms with Crippen molar-refractivity contribution in [1.29, 1.82) is 0 Å². The molecule has 1 aliphatic carbocycles. The van der Waals surface area contributed by atoms with Gasteiger partial charge in [0, 0.05) is 28.3 Å². The highest BCUT2D eigenvalue weighted by Gasteiger charge is 2.45. The van der Waals surface area contributed by atoms with Gasteiger partial charge in [-0.05, 0) is 24.6 Å². The van der Waals surface area contributed by atoms with Crippen LogP contribution in [0.3, 0.4) is 0 Å². The predicted molar refractivity (Wildman–Crippen MR) is 110 cm³/mol. The quantitative estimate of drug-likeness (QED) is 0.595. The number of hydrogen-bond acceptors (Lipinski definition) is 5. The van der Waals surface area contributed by atoms with Gasteiger partial charge in [-0.25, -0.2) is 0 Å². The summed E-state index contributed by atoms with van der Waals surface area (Å²) in [6.45, 7) is 1.97. The van der Waals surface area contributed by atoms with E-state index in [0.717, 1.165) is 11.1 Å². The van der Waals surface area contributed by atoms with Crippen LogP contribution < -0.4 is 4.74 Å². The smallest absolute Gasteiger partial charge is 0.315 e. The largest absolute Gasteiger partial charge is 0.481 e. The molecule has 1 unspecified atom stereocenters. The molecule has 0 aromatic heterocycles. The average Bonchev–Trinajstić information content (AvgIpc) is 3.03. The van der Waals surface area contributed by atoms with Gasteiger partial charge < -0.3 is 9.47 Å². The zero-order chi connectivity index (χ0) is 20.5. The third-order valence-electron chi connectivity index (χ3n) is 5.33. The lowest BCUT2D eigenvalue weighted by atomic mass is 9.75. The minimum Gasteiger partial charge on any atom is -0.481 e. The number of nitrogens with zero attached hydrogens (tertiary/aromatic N) is 1. The summed E-state index contributed by atoms with van der Waals surface area (Å²) < 4.78 is 10.5. The third kappa shape index (κ3) is 3.03. The van der Waals surface area contributed by atoms with Gasteiger partial charge in [0.15, 0.2) is 5.78 Å². The number of rotatable bonds is 4. The van der Waals surface area contributed by atoms with Gasteiger partial charge in [-0.2, -0.15) is 0 Å². The van der Waals surface area contributed by atoms with E-state index in [1.54, 1.807) is 25.1 Å². The van der Waals surface area contributed by atoms with E-state index in [9.17, 15) is 9.59 Å². The van der Waals surface area contributed by atoms with Crippen LogP contribution in [0, 0.1) is 18.3 Å². The standard InChI is InChI=1S/C24H19NO4/c1-4-13-29-16-11-9-15(10-12-16)20-19(24(27)28-3)14(2)25-22-17-7-5-6-8-18(17)23(26)21(20)22/h1,5-12,19-20H,13H2,2-3H3/t19?,20-/m1/s1. The number of esters is 1. The van der Waals surface area contributed by atoms with Crippen LogP contribution in [0.15, 0.2) is 59.1 Å². The van der Waals surface area contributed by atoms with Crippen LogP contribution in [0.1, 0.15) is 34.3 Å². The van der Waals surface area contributed by atoms with Crippen molar-refractivity contribution in [3.63, 3.8) is 0 Å².